The predicted octanol–water partition coefficient (Wildman–Crippen LogP) is 2.37. The van der Waals surface area contributed by atoms with E-state index in [-0.39, 0.29) is 29.5 Å². The largest absolute Gasteiger partial charge is 0.465 e. The highest BCUT2D eigenvalue weighted by molar-refractivity contribution is 7.52. The van der Waals surface area contributed by atoms with Gasteiger partial charge in [-0.05, 0) is 39.8 Å². The Morgan fingerprint density at radius 1 is 1.34 bits per heavy atom. The predicted molar refractivity (Wildman–Crippen MR) is 133 cm³/mol. The molecule has 2 aromatic heterocycles. The third kappa shape index (κ3) is 5.49. The van der Waals surface area contributed by atoms with E-state index < -0.39 is 49.8 Å². The van der Waals surface area contributed by atoms with Gasteiger partial charge in [0.2, 0.25) is 0 Å². The number of alkyl halides is 1. The van der Waals surface area contributed by atoms with Gasteiger partial charge in [-0.3, -0.25) is 9.32 Å². The van der Waals surface area contributed by atoms with Crippen molar-refractivity contribution < 1.29 is 37.4 Å². The van der Waals surface area contributed by atoms with Crippen molar-refractivity contribution in [2.24, 2.45) is 0 Å². The number of carbonyl (C=O) groups excluding carboxylic acids is 1. The highest BCUT2D eigenvalue weighted by Gasteiger charge is 2.56. The van der Waals surface area contributed by atoms with Crippen molar-refractivity contribution >= 4 is 25.2 Å². The molecule has 1 aromatic carbocycles. The quantitative estimate of drug-likeness (QED) is 0.248. The monoisotopic (exact) mass is 552 g/mol. The Labute approximate surface area is 218 Å². The summed E-state index contributed by atoms with van der Waals surface area (Å²) < 4.78 is 53.0. The number of nitrogens with one attached hydrogen (secondary N) is 1. The molecule has 4 N–H and O–H groups in total. The molecular formula is C23H30FN6O7P. The summed E-state index contributed by atoms with van der Waals surface area (Å²) in [6.45, 7) is 5.24. The van der Waals surface area contributed by atoms with E-state index in [2.05, 4.69) is 20.2 Å². The van der Waals surface area contributed by atoms with Gasteiger partial charge in [0, 0.05) is 0 Å². The lowest BCUT2D eigenvalue weighted by Gasteiger charge is -2.29. The minimum absolute atomic E-state index is 0.0829. The van der Waals surface area contributed by atoms with Crippen molar-refractivity contribution in [1.82, 2.24) is 24.7 Å². The van der Waals surface area contributed by atoms with Crippen LogP contribution in [-0.4, -0.2) is 67.3 Å². The number of hydrogen-bond acceptors (Lipinski definition) is 11. The van der Waals surface area contributed by atoms with Crippen molar-refractivity contribution in [3.05, 3.63) is 48.5 Å². The van der Waals surface area contributed by atoms with Crippen LogP contribution >= 0.6 is 7.75 Å². The van der Waals surface area contributed by atoms with Crippen LogP contribution < -0.4 is 15.3 Å². The Morgan fingerprint density at radius 2 is 2.05 bits per heavy atom. The fourth-order valence-corrected chi connectivity index (χ4v) is 5.68. The van der Waals surface area contributed by atoms with E-state index in [1.165, 1.54) is 30.9 Å². The van der Waals surface area contributed by atoms with E-state index in [1.807, 2.05) is 0 Å². The molecule has 206 valence electrons. The number of fused-ring (bicyclic) bond motifs is 1. The first kappa shape index (κ1) is 27.9. The summed E-state index contributed by atoms with van der Waals surface area (Å²) in [6, 6.07) is 8.14. The normalized spacial score (nSPS) is 25.3. The summed E-state index contributed by atoms with van der Waals surface area (Å²) >= 11 is 0. The van der Waals surface area contributed by atoms with Crippen molar-refractivity contribution in [3.8, 4) is 5.75 Å². The Hall–Kier alpha value is -3.16. The van der Waals surface area contributed by atoms with Gasteiger partial charge in [-0.1, -0.05) is 18.2 Å². The standard InChI is InChI=1S/C23H30FN6O7P/c1-5-34-21(32)22(2,3)29-38(33,37-14-9-7-6-8-10-14)35-12-16-17(31)23(4,24)18(36-16)15-11-26-20-19(25)27-13-28-30(15)20/h6-11,13,16-18,31H,5,12H2,1-4H3,(H,29,33)(H2,25,27,28)/t16-,17-,18+,23-,38?/m1/s1. The first-order valence-electron chi connectivity index (χ1n) is 11.8. The van der Waals surface area contributed by atoms with Crippen LogP contribution in [0, 0.1) is 0 Å². The number of nitrogen functional groups attached to an aromatic ring is 1. The first-order valence-corrected chi connectivity index (χ1v) is 13.3. The number of hydrogen-bond donors (Lipinski definition) is 3. The molecule has 0 radical (unpaired) electrons. The molecule has 4 rings (SSSR count). The summed E-state index contributed by atoms with van der Waals surface area (Å²) in [4.78, 5) is 20.4. The number of aromatic nitrogens is 4. The second-order valence-corrected chi connectivity index (χ2v) is 11.0. The number of carbonyl (C=O) groups is 1. The number of aliphatic hydroxyl groups is 1. The van der Waals surface area contributed by atoms with Gasteiger partial charge in [-0.15, -0.1) is 0 Å². The van der Waals surface area contributed by atoms with E-state index in [0.29, 0.717) is 0 Å². The van der Waals surface area contributed by atoms with Gasteiger partial charge >= 0.3 is 13.7 Å². The molecule has 1 aliphatic heterocycles. The minimum Gasteiger partial charge on any atom is -0.465 e. The van der Waals surface area contributed by atoms with Gasteiger partial charge in [0.15, 0.2) is 17.1 Å². The van der Waals surface area contributed by atoms with Gasteiger partial charge in [0.05, 0.1) is 25.1 Å². The molecule has 15 heteroatoms. The Balaban J connectivity index is 1.57. The zero-order valence-corrected chi connectivity index (χ0v) is 22.2. The fourth-order valence-electron chi connectivity index (χ4n) is 3.99. The second-order valence-electron chi connectivity index (χ2n) is 9.37. The minimum atomic E-state index is -4.31. The van der Waals surface area contributed by atoms with E-state index in [9.17, 15) is 14.5 Å². The molecule has 3 aromatic rings. The molecule has 3 heterocycles. The van der Waals surface area contributed by atoms with E-state index in [1.54, 1.807) is 37.3 Å². The lowest BCUT2D eigenvalue weighted by Crippen LogP contribution is -2.47. The number of anilines is 1. The number of imidazole rings is 1. The molecule has 0 saturated carbocycles. The Kier molecular flexibility index (Phi) is 7.73. The average Bonchev–Trinajstić information content (AvgIpc) is 3.37. The number of aliphatic hydroxyl groups excluding tert-OH is 1. The van der Waals surface area contributed by atoms with Gasteiger partial charge < -0.3 is 24.8 Å². The fraction of sp³-hybridized carbons (Fsp3) is 0.478. The maximum atomic E-state index is 15.8. The maximum Gasteiger partial charge on any atom is 0.459 e. The van der Waals surface area contributed by atoms with Crippen LogP contribution in [0.1, 0.15) is 39.5 Å². The number of halogens is 1. The topological polar surface area (TPSA) is 172 Å². The number of para-hydroxylation sites is 1. The Morgan fingerprint density at radius 3 is 2.74 bits per heavy atom. The molecule has 1 aliphatic rings. The van der Waals surface area contributed by atoms with Gasteiger partial charge in [-0.2, -0.15) is 10.2 Å². The van der Waals surface area contributed by atoms with Crippen LogP contribution in [-0.2, 0) is 23.4 Å². The lowest BCUT2D eigenvalue weighted by molar-refractivity contribution is -0.149. The summed E-state index contributed by atoms with van der Waals surface area (Å²) in [5, 5.41) is 17.4. The summed E-state index contributed by atoms with van der Waals surface area (Å²) in [5.41, 5.74) is 2.40. The number of esters is 1. The van der Waals surface area contributed by atoms with E-state index >= 15 is 4.39 Å². The van der Waals surface area contributed by atoms with Crippen LogP contribution in [0.15, 0.2) is 42.9 Å². The van der Waals surface area contributed by atoms with E-state index in [0.717, 1.165) is 6.92 Å². The Bertz CT molecular complexity index is 1340. The van der Waals surface area contributed by atoms with Crippen molar-refractivity contribution in [3.63, 3.8) is 0 Å². The number of rotatable bonds is 10. The molecular weight excluding hydrogens is 522 g/mol. The third-order valence-corrected chi connectivity index (χ3v) is 7.73. The smallest absolute Gasteiger partial charge is 0.459 e. The van der Waals surface area contributed by atoms with Gasteiger partial charge in [-0.25, -0.2) is 23.4 Å². The summed E-state index contributed by atoms with van der Waals surface area (Å²) in [7, 11) is -4.31. The van der Waals surface area contributed by atoms with E-state index in [4.69, 9.17) is 24.3 Å². The first-order chi connectivity index (χ1) is 17.9. The number of nitrogens with two attached hydrogens (primary N) is 1. The maximum absolute atomic E-state index is 15.8. The molecule has 5 atom stereocenters. The van der Waals surface area contributed by atoms with Crippen LogP contribution in [0.2, 0.25) is 0 Å². The van der Waals surface area contributed by atoms with Crippen LogP contribution in [0.25, 0.3) is 5.65 Å². The molecule has 0 spiro atoms. The average molecular weight is 553 g/mol. The zero-order valence-electron chi connectivity index (χ0n) is 21.3. The number of nitrogens with zero attached hydrogens (tertiary/aromatic N) is 4. The lowest BCUT2D eigenvalue weighted by atomic mass is 9.93. The van der Waals surface area contributed by atoms with Crippen molar-refractivity contribution in [1.29, 1.82) is 0 Å². The second kappa shape index (κ2) is 10.5. The molecule has 1 unspecified atom stereocenters. The summed E-state index contributed by atoms with van der Waals surface area (Å²) in [6.07, 6.45) is -1.79. The van der Waals surface area contributed by atoms with Gasteiger partial charge in [0.1, 0.15) is 35.9 Å². The highest BCUT2D eigenvalue weighted by Crippen LogP contribution is 2.49. The highest BCUT2D eigenvalue weighted by atomic mass is 31.2. The molecule has 1 fully saturated rings. The van der Waals surface area contributed by atoms with Crippen molar-refractivity contribution in [2.75, 3.05) is 18.9 Å². The molecule has 0 aliphatic carbocycles. The number of benzene rings is 1. The molecule has 1 saturated heterocycles. The molecule has 0 amide bonds. The molecule has 38 heavy (non-hydrogen) atoms. The zero-order chi connectivity index (χ0) is 27.7. The van der Waals surface area contributed by atoms with Crippen LogP contribution in [0.4, 0.5) is 10.2 Å². The van der Waals surface area contributed by atoms with Crippen LogP contribution in [0.3, 0.4) is 0 Å². The molecule has 13 nitrogen and oxygen atoms in total. The van der Waals surface area contributed by atoms with Crippen molar-refractivity contribution in [2.45, 2.75) is 57.2 Å². The van der Waals surface area contributed by atoms with Crippen LogP contribution in [0.5, 0.6) is 5.75 Å². The summed E-state index contributed by atoms with van der Waals surface area (Å²) in [5.74, 6) is -0.422. The number of ether oxygens (including phenoxy) is 2. The molecule has 0 bridgehead atoms. The van der Waals surface area contributed by atoms with Gasteiger partial charge in [0.25, 0.3) is 0 Å². The SMILES string of the molecule is CCOC(=O)C(C)(C)NP(=O)(OC[C@H]1O[C@@H](c2cnc3c(N)ncnn23)[C@](C)(F)[C@@H]1O)Oc1ccccc1. The third-order valence-electron chi connectivity index (χ3n) is 5.96.